The standard InChI is InChI=1S/C21H20N2O5S2/c1-14-17(21(25)28-3)6-4-7-18(14)22-20(24)15-9-11-16(12-10-15)23(2)30(26,27)19-8-5-13-29-19/h4-13H,1-3H3,(H,22,24). The predicted octanol–water partition coefficient (Wildman–Crippen LogP) is 3.92. The van der Waals surface area contributed by atoms with Gasteiger partial charge in [0, 0.05) is 18.3 Å². The lowest BCUT2D eigenvalue weighted by atomic mass is 10.1. The highest BCUT2D eigenvalue weighted by Crippen LogP contribution is 2.26. The average molecular weight is 445 g/mol. The van der Waals surface area contributed by atoms with Crippen molar-refractivity contribution in [3.05, 3.63) is 76.7 Å². The number of benzene rings is 2. The number of amides is 1. The molecule has 3 aromatic rings. The van der Waals surface area contributed by atoms with Crippen LogP contribution in [-0.4, -0.2) is 34.5 Å². The molecule has 3 rings (SSSR count). The second-order valence-corrected chi connectivity index (χ2v) is 9.52. The smallest absolute Gasteiger partial charge is 0.338 e. The fourth-order valence-corrected chi connectivity index (χ4v) is 5.16. The number of rotatable bonds is 6. The van der Waals surface area contributed by atoms with Gasteiger partial charge in [0.2, 0.25) is 0 Å². The molecular formula is C21H20N2O5S2. The molecule has 1 aromatic heterocycles. The maximum Gasteiger partial charge on any atom is 0.338 e. The first kappa shape index (κ1) is 21.5. The van der Waals surface area contributed by atoms with E-state index in [1.54, 1.807) is 66.9 Å². The van der Waals surface area contributed by atoms with Crippen molar-refractivity contribution in [2.24, 2.45) is 0 Å². The fraction of sp³-hybridized carbons (Fsp3) is 0.143. The van der Waals surface area contributed by atoms with Gasteiger partial charge in [0.05, 0.1) is 18.4 Å². The van der Waals surface area contributed by atoms with Crippen LogP contribution < -0.4 is 9.62 Å². The zero-order valence-corrected chi connectivity index (χ0v) is 18.2. The van der Waals surface area contributed by atoms with Gasteiger partial charge in [0.15, 0.2) is 0 Å². The Morgan fingerprint density at radius 1 is 1.03 bits per heavy atom. The Labute approximate surface area is 179 Å². The van der Waals surface area contributed by atoms with Crippen molar-refractivity contribution in [2.75, 3.05) is 23.8 Å². The van der Waals surface area contributed by atoms with Crippen LogP contribution in [0.2, 0.25) is 0 Å². The summed E-state index contributed by atoms with van der Waals surface area (Å²) in [6.45, 7) is 1.72. The summed E-state index contributed by atoms with van der Waals surface area (Å²) in [7, 11) is -0.884. The Morgan fingerprint density at radius 2 is 1.73 bits per heavy atom. The summed E-state index contributed by atoms with van der Waals surface area (Å²) >= 11 is 1.14. The van der Waals surface area contributed by atoms with Crippen molar-refractivity contribution in [2.45, 2.75) is 11.1 Å². The molecule has 0 unspecified atom stereocenters. The maximum atomic E-state index is 12.6. The quantitative estimate of drug-likeness (QED) is 0.582. The van der Waals surface area contributed by atoms with Gasteiger partial charge in [-0.15, -0.1) is 11.3 Å². The van der Waals surface area contributed by atoms with Crippen LogP contribution in [0.3, 0.4) is 0 Å². The van der Waals surface area contributed by atoms with E-state index in [-0.39, 0.29) is 10.1 Å². The van der Waals surface area contributed by atoms with Gasteiger partial charge in [-0.1, -0.05) is 12.1 Å². The third kappa shape index (κ3) is 4.22. The number of carbonyl (C=O) groups is 2. The van der Waals surface area contributed by atoms with Gasteiger partial charge in [-0.2, -0.15) is 0 Å². The molecule has 0 aliphatic heterocycles. The Hall–Kier alpha value is -3.17. The molecule has 0 radical (unpaired) electrons. The molecule has 2 aromatic carbocycles. The van der Waals surface area contributed by atoms with E-state index in [2.05, 4.69) is 5.32 Å². The van der Waals surface area contributed by atoms with Crippen LogP contribution in [0.15, 0.2) is 64.2 Å². The third-order valence-electron chi connectivity index (χ3n) is 4.59. The largest absolute Gasteiger partial charge is 0.465 e. The van der Waals surface area contributed by atoms with E-state index in [0.717, 1.165) is 11.3 Å². The van der Waals surface area contributed by atoms with Gasteiger partial charge in [0.1, 0.15) is 4.21 Å². The molecule has 0 saturated carbocycles. The Bertz CT molecular complexity index is 1170. The van der Waals surface area contributed by atoms with Crippen molar-refractivity contribution in [3.63, 3.8) is 0 Å². The van der Waals surface area contributed by atoms with Crippen molar-refractivity contribution < 1.29 is 22.7 Å². The zero-order chi connectivity index (χ0) is 21.9. The molecule has 0 spiro atoms. The molecule has 0 bridgehead atoms. The third-order valence-corrected chi connectivity index (χ3v) is 7.75. The van der Waals surface area contributed by atoms with Crippen LogP contribution in [0.25, 0.3) is 0 Å². The Kier molecular flexibility index (Phi) is 6.23. The summed E-state index contributed by atoms with van der Waals surface area (Å²) in [6.07, 6.45) is 0. The number of thiophene rings is 1. The van der Waals surface area contributed by atoms with E-state index < -0.39 is 16.0 Å². The van der Waals surface area contributed by atoms with Crippen LogP contribution >= 0.6 is 11.3 Å². The molecule has 1 heterocycles. The summed E-state index contributed by atoms with van der Waals surface area (Å²) in [5.74, 6) is -0.863. The Morgan fingerprint density at radius 3 is 2.33 bits per heavy atom. The van der Waals surface area contributed by atoms with Gasteiger partial charge >= 0.3 is 5.97 Å². The first-order valence-electron chi connectivity index (χ1n) is 8.87. The average Bonchev–Trinajstić information content (AvgIpc) is 3.30. The summed E-state index contributed by atoms with van der Waals surface area (Å²) < 4.78 is 31.4. The van der Waals surface area contributed by atoms with Crippen molar-refractivity contribution in [1.29, 1.82) is 0 Å². The van der Waals surface area contributed by atoms with Gasteiger partial charge in [-0.3, -0.25) is 9.10 Å². The minimum Gasteiger partial charge on any atom is -0.465 e. The summed E-state index contributed by atoms with van der Waals surface area (Å²) in [4.78, 5) is 24.4. The first-order valence-corrected chi connectivity index (χ1v) is 11.2. The van der Waals surface area contributed by atoms with Gasteiger partial charge < -0.3 is 10.1 Å². The molecular weight excluding hydrogens is 424 g/mol. The van der Waals surface area contributed by atoms with E-state index in [1.165, 1.54) is 18.5 Å². The number of nitrogens with one attached hydrogen (secondary N) is 1. The van der Waals surface area contributed by atoms with Crippen molar-refractivity contribution in [1.82, 2.24) is 0 Å². The maximum absolute atomic E-state index is 12.6. The molecule has 7 nitrogen and oxygen atoms in total. The first-order chi connectivity index (χ1) is 14.3. The topological polar surface area (TPSA) is 92.8 Å². The highest BCUT2D eigenvalue weighted by atomic mass is 32.2. The van der Waals surface area contributed by atoms with E-state index in [1.807, 2.05) is 0 Å². The second-order valence-electron chi connectivity index (χ2n) is 6.38. The molecule has 0 saturated heterocycles. The van der Waals surface area contributed by atoms with E-state index in [4.69, 9.17) is 4.74 Å². The molecule has 0 aliphatic rings. The lowest BCUT2D eigenvalue weighted by Gasteiger charge is -2.18. The van der Waals surface area contributed by atoms with Crippen molar-refractivity contribution in [3.8, 4) is 0 Å². The van der Waals surface area contributed by atoms with Crippen LogP contribution in [0.4, 0.5) is 11.4 Å². The van der Waals surface area contributed by atoms with Gasteiger partial charge in [0.25, 0.3) is 15.9 Å². The van der Waals surface area contributed by atoms with Crippen LogP contribution in [0.5, 0.6) is 0 Å². The summed E-state index contributed by atoms with van der Waals surface area (Å²) in [5, 5.41) is 4.47. The highest BCUT2D eigenvalue weighted by molar-refractivity contribution is 7.94. The molecule has 0 aliphatic carbocycles. The lowest BCUT2D eigenvalue weighted by Crippen LogP contribution is -2.25. The number of sulfonamides is 1. The summed E-state index contributed by atoms with van der Waals surface area (Å²) in [5.41, 5.74) is 2.24. The molecule has 30 heavy (non-hydrogen) atoms. The number of carbonyl (C=O) groups excluding carboxylic acids is 2. The normalized spacial score (nSPS) is 11.0. The molecule has 156 valence electrons. The second kappa shape index (κ2) is 8.68. The molecule has 0 fully saturated rings. The van der Waals surface area contributed by atoms with Crippen LogP contribution in [0.1, 0.15) is 26.3 Å². The minimum absolute atomic E-state index is 0.243. The predicted molar refractivity (Wildman–Crippen MR) is 117 cm³/mol. The molecule has 9 heteroatoms. The number of nitrogens with zero attached hydrogens (tertiary/aromatic N) is 1. The molecule has 1 amide bonds. The highest BCUT2D eigenvalue weighted by Gasteiger charge is 2.22. The SMILES string of the molecule is COC(=O)c1cccc(NC(=O)c2ccc(N(C)S(=O)(=O)c3cccs3)cc2)c1C. The van der Waals surface area contributed by atoms with Crippen LogP contribution in [0, 0.1) is 6.92 Å². The number of hydrogen-bond acceptors (Lipinski definition) is 6. The Balaban J connectivity index is 1.79. The fourth-order valence-electron chi connectivity index (χ4n) is 2.80. The molecule has 0 atom stereocenters. The number of anilines is 2. The van der Waals surface area contributed by atoms with E-state index in [9.17, 15) is 18.0 Å². The van der Waals surface area contributed by atoms with E-state index >= 15 is 0 Å². The van der Waals surface area contributed by atoms with Gasteiger partial charge in [-0.05, 0) is 60.3 Å². The monoisotopic (exact) mass is 444 g/mol. The van der Waals surface area contributed by atoms with E-state index in [0.29, 0.717) is 28.1 Å². The van der Waals surface area contributed by atoms with Crippen molar-refractivity contribution >= 4 is 44.6 Å². The number of methoxy groups -OCH3 is 1. The van der Waals surface area contributed by atoms with Gasteiger partial charge in [-0.25, -0.2) is 13.2 Å². The lowest BCUT2D eigenvalue weighted by molar-refractivity contribution is 0.0599. The summed E-state index contributed by atoms with van der Waals surface area (Å²) in [6, 6.07) is 14.4. The van der Waals surface area contributed by atoms with Crippen LogP contribution in [-0.2, 0) is 14.8 Å². The number of esters is 1. The number of hydrogen-bond donors (Lipinski definition) is 1. The zero-order valence-electron chi connectivity index (χ0n) is 16.6. The number of ether oxygens (including phenoxy) is 1. The molecule has 1 N–H and O–H groups in total. The minimum atomic E-state index is -3.64.